The minimum absolute atomic E-state index is 0.0248. The van der Waals surface area contributed by atoms with Crippen molar-refractivity contribution in [1.82, 2.24) is 4.90 Å². The lowest BCUT2D eigenvalue weighted by molar-refractivity contribution is -0.154. The molecule has 0 bridgehead atoms. The highest BCUT2D eigenvalue weighted by atomic mass is 16.6. The fourth-order valence-electron chi connectivity index (χ4n) is 3.13. The van der Waals surface area contributed by atoms with Gasteiger partial charge in [-0.05, 0) is 26.7 Å². The highest BCUT2D eigenvalue weighted by Gasteiger charge is 2.47. The number of piperidine rings is 1. The van der Waals surface area contributed by atoms with Crippen molar-refractivity contribution in [3.63, 3.8) is 0 Å². The zero-order valence-corrected chi connectivity index (χ0v) is 12.3. The third kappa shape index (κ3) is 2.96. The van der Waals surface area contributed by atoms with Gasteiger partial charge >= 0.3 is 5.97 Å². The van der Waals surface area contributed by atoms with E-state index in [0.717, 1.165) is 12.8 Å². The molecule has 0 aromatic carbocycles. The molecule has 4 atom stereocenters. The second kappa shape index (κ2) is 6.54. The van der Waals surface area contributed by atoms with Crippen LogP contribution in [0.4, 0.5) is 0 Å². The lowest BCUT2D eigenvalue weighted by atomic mass is 9.92. The van der Waals surface area contributed by atoms with Crippen LogP contribution in [0.25, 0.3) is 0 Å². The molecule has 0 radical (unpaired) electrons. The summed E-state index contributed by atoms with van der Waals surface area (Å²) in [7, 11) is 1.36. The van der Waals surface area contributed by atoms with E-state index in [0.29, 0.717) is 13.0 Å². The Morgan fingerprint density at radius 1 is 1.35 bits per heavy atom. The number of amides is 1. The molecule has 6 heteroatoms. The van der Waals surface area contributed by atoms with Gasteiger partial charge in [0.25, 0.3) is 0 Å². The zero-order chi connectivity index (χ0) is 14.7. The van der Waals surface area contributed by atoms with Crippen molar-refractivity contribution in [2.75, 3.05) is 20.3 Å². The smallest absolute Gasteiger partial charge is 0.335 e. The quantitative estimate of drug-likeness (QED) is 0.713. The summed E-state index contributed by atoms with van der Waals surface area (Å²) < 4.78 is 15.7. The van der Waals surface area contributed by atoms with Crippen LogP contribution in [0.3, 0.4) is 0 Å². The zero-order valence-electron chi connectivity index (χ0n) is 12.3. The maximum absolute atomic E-state index is 12.3. The summed E-state index contributed by atoms with van der Waals surface area (Å²) in [6.45, 7) is 4.50. The number of hydrogen-bond acceptors (Lipinski definition) is 5. The molecule has 1 amide bonds. The lowest BCUT2D eigenvalue weighted by Gasteiger charge is -2.41. The fraction of sp³-hybridized carbons (Fsp3) is 0.857. The molecule has 20 heavy (non-hydrogen) atoms. The third-order valence-corrected chi connectivity index (χ3v) is 4.11. The number of ether oxygens (including phenoxy) is 3. The first-order valence-electron chi connectivity index (χ1n) is 7.20. The molecule has 0 N–H and O–H groups in total. The molecule has 2 rings (SSSR count). The van der Waals surface area contributed by atoms with E-state index in [2.05, 4.69) is 0 Å². The van der Waals surface area contributed by atoms with E-state index >= 15 is 0 Å². The largest absolute Gasteiger partial charge is 0.467 e. The summed E-state index contributed by atoms with van der Waals surface area (Å²) in [4.78, 5) is 25.7. The highest BCUT2D eigenvalue weighted by Crippen LogP contribution is 2.35. The van der Waals surface area contributed by atoms with Crippen molar-refractivity contribution in [3.8, 4) is 0 Å². The van der Waals surface area contributed by atoms with Crippen LogP contribution in [0.2, 0.25) is 0 Å². The van der Waals surface area contributed by atoms with Gasteiger partial charge in [-0.2, -0.15) is 0 Å². The normalized spacial score (nSPS) is 32.9. The molecule has 2 aliphatic rings. The maximum atomic E-state index is 12.3. The molecular weight excluding hydrogens is 262 g/mol. The van der Waals surface area contributed by atoms with Crippen LogP contribution in [0.15, 0.2) is 0 Å². The Hall–Kier alpha value is -1.14. The number of esters is 1. The van der Waals surface area contributed by atoms with Crippen LogP contribution in [0.5, 0.6) is 0 Å². The predicted molar refractivity (Wildman–Crippen MR) is 71.1 cm³/mol. The van der Waals surface area contributed by atoms with Crippen molar-refractivity contribution >= 4 is 11.9 Å². The van der Waals surface area contributed by atoms with Gasteiger partial charge in [-0.15, -0.1) is 0 Å². The van der Waals surface area contributed by atoms with Gasteiger partial charge in [0.1, 0.15) is 6.61 Å². The SMILES string of the molecule is CCOCC(=O)N1[C@H](C)CC[C@@H]2O[C@@H](C(=O)OC)C[C@@H]21. The van der Waals surface area contributed by atoms with E-state index in [9.17, 15) is 9.59 Å². The van der Waals surface area contributed by atoms with Crippen LogP contribution in [0, 0.1) is 0 Å². The van der Waals surface area contributed by atoms with E-state index < -0.39 is 6.10 Å². The number of nitrogens with zero attached hydrogens (tertiary/aromatic N) is 1. The molecule has 0 saturated carbocycles. The monoisotopic (exact) mass is 285 g/mol. The number of rotatable bonds is 4. The predicted octanol–water partition coefficient (Wildman–Crippen LogP) is 0.733. The Labute approximate surface area is 119 Å². The van der Waals surface area contributed by atoms with Crippen molar-refractivity contribution in [2.45, 2.75) is 57.4 Å². The van der Waals surface area contributed by atoms with Gasteiger partial charge in [-0.1, -0.05) is 0 Å². The van der Waals surface area contributed by atoms with Gasteiger partial charge in [-0.25, -0.2) is 4.79 Å². The number of likely N-dealkylation sites (tertiary alicyclic amines) is 1. The van der Waals surface area contributed by atoms with Gasteiger partial charge in [0.2, 0.25) is 5.91 Å². The maximum Gasteiger partial charge on any atom is 0.335 e. The average molecular weight is 285 g/mol. The summed E-state index contributed by atoms with van der Waals surface area (Å²) >= 11 is 0. The molecule has 2 heterocycles. The average Bonchev–Trinajstić information content (AvgIpc) is 2.87. The van der Waals surface area contributed by atoms with Crippen LogP contribution in [-0.4, -0.2) is 61.4 Å². The molecule has 2 aliphatic heterocycles. The Kier molecular flexibility index (Phi) is 4.99. The molecule has 0 aromatic heterocycles. The number of methoxy groups -OCH3 is 1. The van der Waals surface area contributed by atoms with Crippen LogP contribution in [-0.2, 0) is 23.8 Å². The van der Waals surface area contributed by atoms with E-state index in [1.165, 1.54) is 7.11 Å². The van der Waals surface area contributed by atoms with Crippen LogP contribution < -0.4 is 0 Å². The highest BCUT2D eigenvalue weighted by molar-refractivity contribution is 5.79. The second-order valence-corrected chi connectivity index (χ2v) is 5.35. The Bertz CT molecular complexity index is 373. The Morgan fingerprint density at radius 3 is 2.75 bits per heavy atom. The summed E-state index contributed by atoms with van der Waals surface area (Å²) in [6.07, 6.45) is 1.65. The van der Waals surface area contributed by atoms with E-state index in [-0.39, 0.29) is 36.7 Å². The fourth-order valence-corrected chi connectivity index (χ4v) is 3.13. The van der Waals surface area contributed by atoms with E-state index in [1.54, 1.807) is 0 Å². The summed E-state index contributed by atoms with van der Waals surface area (Å²) in [6, 6.07) is 0.111. The number of hydrogen-bond donors (Lipinski definition) is 0. The van der Waals surface area contributed by atoms with Gasteiger partial charge in [0.15, 0.2) is 6.10 Å². The molecule has 2 fully saturated rings. The summed E-state index contributed by atoms with van der Waals surface area (Å²) in [5.41, 5.74) is 0. The molecule has 6 nitrogen and oxygen atoms in total. The number of carbonyl (C=O) groups is 2. The minimum atomic E-state index is -0.553. The van der Waals surface area contributed by atoms with Crippen molar-refractivity contribution < 1.29 is 23.8 Å². The summed E-state index contributed by atoms with van der Waals surface area (Å²) in [5, 5.41) is 0. The van der Waals surface area contributed by atoms with Gasteiger partial charge in [0, 0.05) is 19.1 Å². The topological polar surface area (TPSA) is 65.1 Å². The molecule has 0 unspecified atom stereocenters. The Balaban J connectivity index is 2.06. The van der Waals surface area contributed by atoms with Gasteiger partial charge < -0.3 is 19.1 Å². The number of carbonyl (C=O) groups excluding carboxylic acids is 2. The van der Waals surface area contributed by atoms with Gasteiger partial charge in [-0.3, -0.25) is 4.79 Å². The lowest BCUT2D eigenvalue weighted by Crippen LogP contribution is -2.54. The number of fused-ring (bicyclic) bond motifs is 1. The van der Waals surface area contributed by atoms with Crippen molar-refractivity contribution in [2.24, 2.45) is 0 Å². The first kappa shape index (κ1) is 15.3. The van der Waals surface area contributed by atoms with E-state index in [1.807, 2.05) is 18.7 Å². The van der Waals surface area contributed by atoms with Crippen LogP contribution in [0.1, 0.15) is 33.1 Å². The third-order valence-electron chi connectivity index (χ3n) is 4.11. The molecular formula is C14H23NO5. The Morgan fingerprint density at radius 2 is 2.10 bits per heavy atom. The minimum Gasteiger partial charge on any atom is -0.467 e. The molecule has 0 spiro atoms. The van der Waals surface area contributed by atoms with Gasteiger partial charge in [0.05, 0.1) is 19.3 Å². The molecule has 2 saturated heterocycles. The first-order valence-corrected chi connectivity index (χ1v) is 7.20. The first-order chi connectivity index (χ1) is 9.58. The van der Waals surface area contributed by atoms with Crippen LogP contribution >= 0.6 is 0 Å². The molecule has 0 aliphatic carbocycles. The second-order valence-electron chi connectivity index (χ2n) is 5.35. The van der Waals surface area contributed by atoms with Crippen molar-refractivity contribution in [1.29, 1.82) is 0 Å². The van der Waals surface area contributed by atoms with Crippen molar-refractivity contribution in [3.05, 3.63) is 0 Å². The molecule has 114 valence electrons. The summed E-state index contributed by atoms with van der Waals surface area (Å²) in [5.74, 6) is -0.382. The standard InChI is InChI=1S/C14H23NO5/c1-4-19-8-13(16)15-9(2)5-6-11-10(15)7-12(20-11)14(17)18-3/h9-12H,4-8H2,1-3H3/t9-,10+,11+,12-/m1/s1. The van der Waals surface area contributed by atoms with E-state index in [4.69, 9.17) is 14.2 Å². The molecule has 0 aromatic rings.